The van der Waals surface area contributed by atoms with Gasteiger partial charge in [0.2, 0.25) is 0 Å². The molecule has 0 amide bonds. The molecule has 0 unspecified atom stereocenters. The van der Waals surface area contributed by atoms with Crippen molar-refractivity contribution in [2.24, 2.45) is 0 Å². The molecule has 0 heterocycles. The van der Waals surface area contributed by atoms with Gasteiger partial charge in [0.05, 0.1) is 12.7 Å². The summed E-state index contributed by atoms with van der Waals surface area (Å²) >= 11 is 0. The standard InChI is InChI=1S/C14H11F3O2/c1-19-11-5-6-13(18)12(8-11)9-3-2-4-10(7-9)14(15,16)17/h2-8,18H,1H3. The summed E-state index contributed by atoms with van der Waals surface area (Å²) in [6.45, 7) is 0. The second kappa shape index (κ2) is 4.84. The van der Waals surface area contributed by atoms with Gasteiger partial charge in [0.1, 0.15) is 11.5 Å². The molecule has 0 bridgehead atoms. The molecule has 0 atom stereocenters. The summed E-state index contributed by atoms with van der Waals surface area (Å²) in [5, 5.41) is 9.74. The van der Waals surface area contributed by atoms with Crippen LogP contribution in [0.25, 0.3) is 11.1 Å². The smallest absolute Gasteiger partial charge is 0.416 e. The Balaban J connectivity index is 2.53. The van der Waals surface area contributed by atoms with Gasteiger partial charge < -0.3 is 9.84 Å². The molecule has 5 heteroatoms. The molecule has 0 saturated carbocycles. The molecule has 1 N–H and O–H groups in total. The van der Waals surface area contributed by atoms with E-state index in [-0.39, 0.29) is 11.3 Å². The topological polar surface area (TPSA) is 29.5 Å². The Morgan fingerprint density at radius 2 is 1.79 bits per heavy atom. The van der Waals surface area contributed by atoms with Crippen molar-refractivity contribution in [2.45, 2.75) is 6.18 Å². The highest BCUT2D eigenvalue weighted by molar-refractivity contribution is 5.72. The Morgan fingerprint density at radius 3 is 2.42 bits per heavy atom. The third kappa shape index (κ3) is 2.81. The van der Waals surface area contributed by atoms with Crippen molar-refractivity contribution in [2.75, 3.05) is 7.11 Å². The van der Waals surface area contributed by atoms with Crippen LogP contribution in [0.15, 0.2) is 42.5 Å². The van der Waals surface area contributed by atoms with Gasteiger partial charge in [-0.3, -0.25) is 0 Å². The summed E-state index contributed by atoms with van der Waals surface area (Å²) in [6, 6.07) is 9.20. The largest absolute Gasteiger partial charge is 0.507 e. The fourth-order valence-electron chi connectivity index (χ4n) is 1.74. The molecule has 0 spiro atoms. The minimum atomic E-state index is -4.41. The van der Waals surface area contributed by atoms with Crippen LogP contribution >= 0.6 is 0 Å². The van der Waals surface area contributed by atoms with Crippen LogP contribution in [-0.2, 0) is 6.18 Å². The molecular formula is C14H11F3O2. The molecule has 2 nitrogen and oxygen atoms in total. The van der Waals surface area contributed by atoms with E-state index in [4.69, 9.17) is 4.74 Å². The number of phenolic OH excluding ortho intramolecular Hbond substituents is 1. The van der Waals surface area contributed by atoms with Gasteiger partial charge in [0.25, 0.3) is 0 Å². The molecule has 0 aliphatic carbocycles. The lowest BCUT2D eigenvalue weighted by Gasteiger charge is -2.11. The van der Waals surface area contributed by atoms with Crippen LogP contribution in [0, 0.1) is 0 Å². The Bertz CT molecular complexity index is 591. The van der Waals surface area contributed by atoms with E-state index in [1.807, 2.05) is 0 Å². The predicted molar refractivity (Wildman–Crippen MR) is 65.1 cm³/mol. The normalized spacial score (nSPS) is 11.4. The summed E-state index contributed by atoms with van der Waals surface area (Å²) in [6.07, 6.45) is -4.41. The van der Waals surface area contributed by atoms with Crippen molar-refractivity contribution in [1.82, 2.24) is 0 Å². The average Bonchev–Trinajstić information content (AvgIpc) is 2.38. The van der Waals surface area contributed by atoms with Crippen molar-refractivity contribution in [3.05, 3.63) is 48.0 Å². The number of alkyl halides is 3. The quantitative estimate of drug-likeness (QED) is 0.889. The van der Waals surface area contributed by atoms with E-state index < -0.39 is 11.7 Å². The SMILES string of the molecule is COc1ccc(O)c(-c2cccc(C(F)(F)F)c2)c1. The molecule has 2 aromatic carbocycles. The number of halogens is 3. The van der Waals surface area contributed by atoms with E-state index in [2.05, 4.69) is 0 Å². The third-order valence-corrected chi connectivity index (χ3v) is 2.70. The molecule has 0 aromatic heterocycles. The zero-order chi connectivity index (χ0) is 14.0. The molecule has 100 valence electrons. The zero-order valence-electron chi connectivity index (χ0n) is 10.0. The molecule has 0 saturated heterocycles. The summed E-state index contributed by atoms with van der Waals surface area (Å²) in [4.78, 5) is 0. The van der Waals surface area contributed by atoms with E-state index in [1.165, 1.54) is 37.4 Å². The van der Waals surface area contributed by atoms with Crippen LogP contribution < -0.4 is 4.74 Å². The zero-order valence-corrected chi connectivity index (χ0v) is 10.0. The molecule has 19 heavy (non-hydrogen) atoms. The van der Waals surface area contributed by atoms with Gasteiger partial charge in [-0.1, -0.05) is 12.1 Å². The molecule has 0 fully saturated rings. The predicted octanol–water partition coefficient (Wildman–Crippen LogP) is 4.09. The van der Waals surface area contributed by atoms with Crippen LogP contribution in [0.2, 0.25) is 0 Å². The minimum Gasteiger partial charge on any atom is -0.507 e. The maximum absolute atomic E-state index is 12.6. The van der Waals surface area contributed by atoms with Crippen LogP contribution in [0.5, 0.6) is 11.5 Å². The fourth-order valence-corrected chi connectivity index (χ4v) is 1.74. The van der Waals surface area contributed by atoms with E-state index >= 15 is 0 Å². The Morgan fingerprint density at radius 1 is 1.05 bits per heavy atom. The number of hydrogen-bond donors (Lipinski definition) is 1. The van der Waals surface area contributed by atoms with Gasteiger partial charge in [-0.05, 0) is 35.9 Å². The van der Waals surface area contributed by atoms with Crippen molar-refractivity contribution in [3.8, 4) is 22.6 Å². The van der Waals surface area contributed by atoms with Gasteiger partial charge >= 0.3 is 6.18 Å². The molecule has 0 aliphatic heterocycles. The number of hydrogen-bond acceptors (Lipinski definition) is 2. The van der Waals surface area contributed by atoms with Crippen LogP contribution in [0.4, 0.5) is 13.2 Å². The number of ether oxygens (including phenoxy) is 1. The van der Waals surface area contributed by atoms with Crippen LogP contribution in [0.3, 0.4) is 0 Å². The first-order chi connectivity index (χ1) is 8.91. The number of aromatic hydroxyl groups is 1. The summed E-state index contributed by atoms with van der Waals surface area (Å²) < 4.78 is 42.9. The average molecular weight is 268 g/mol. The first-order valence-electron chi connectivity index (χ1n) is 5.46. The minimum absolute atomic E-state index is 0.0971. The van der Waals surface area contributed by atoms with E-state index in [9.17, 15) is 18.3 Å². The highest BCUT2D eigenvalue weighted by Crippen LogP contribution is 2.36. The van der Waals surface area contributed by atoms with Crippen molar-refractivity contribution >= 4 is 0 Å². The van der Waals surface area contributed by atoms with Gasteiger partial charge in [0, 0.05) is 5.56 Å². The van der Waals surface area contributed by atoms with Crippen molar-refractivity contribution in [3.63, 3.8) is 0 Å². The Hall–Kier alpha value is -2.17. The number of methoxy groups -OCH3 is 1. The van der Waals surface area contributed by atoms with E-state index in [0.29, 0.717) is 11.3 Å². The maximum Gasteiger partial charge on any atom is 0.416 e. The number of phenols is 1. The lowest BCUT2D eigenvalue weighted by molar-refractivity contribution is -0.137. The Kier molecular flexibility index (Phi) is 3.38. The fraction of sp³-hybridized carbons (Fsp3) is 0.143. The van der Waals surface area contributed by atoms with Crippen LogP contribution in [-0.4, -0.2) is 12.2 Å². The monoisotopic (exact) mass is 268 g/mol. The second-order valence-corrected chi connectivity index (χ2v) is 3.96. The molecule has 0 radical (unpaired) electrons. The van der Waals surface area contributed by atoms with Gasteiger partial charge in [-0.15, -0.1) is 0 Å². The van der Waals surface area contributed by atoms with Gasteiger partial charge in [-0.25, -0.2) is 0 Å². The first-order valence-corrected chi connectivity index (χ1v) is 5.46. The first kappa shape index (κ1) is 13.3. The van der Waals surface area contributed by atoms with Crippen molar-refractivity contribution in [1.29, 1.82) is 0 Å². The number of rotatable bonds is 2. The van der Waals surface area contributed by atoms with E-state index in [1.54, 1.807) is 0 Å². The van der Waals surface area contributed by atoms with Crippen molar-refractivity contribution < 1.29 is 23.0 Å². The van der Waals surface area contributed by atoms with Gasteiger partial charge in [-0.2, -0.15) is 13.2 Å². The van der Waals surface area contributed by atoms with Gasteiger partial charge in [0.15, 0.2) is 0 Å². The summed E-state index contributed by atoms with van der Waals surface area (Å²) in [5.41, 5.74) is -0.177. The third-order valence-electron chi connectivity index (χ3n) is 2.70. The highest BCUT2D eigenvalue weighted by atomic mass is 19.4. The van der Waals surface area contributed by atoms with Crippen LogP contribution in [0.1, 0.15) is 5.56 Å². The maximum atomic E-state index is 12.6. The summed E-state index contributed by atoms with van der Waals surface area (Å²) in [7, 11) is 1.45. The lowest BCUT2D eigenvalue weighted by Crippen LogP contribution is -2.04. The lowest BCUT2D eigenvalue weighted by atomic mass is 10.0. The number of benzene rings is 2. The highest BCUT2D eigenvalue weighted by Gasteiger charge is 2.30. The molecule has 2 aromatic rings. The molecule has 2 rings (SSSR count). The summed E-state index contributed by atoms with van der Waals surface area (Å²) in [5.74, 6) is 0.366. The molecule has 0 aliphatic rings. The van der Waals surface area contributed by atoms with E-state index in [0.717, 1.165) is 12.1 Å². The molecular weight excluding hydrogens is 257 g/mol. The Labute approximate surface area is 108 Å². The second-order valence-electron chi connectivity index (χ2n) is 3.96.